The number of ether oxygens (including phenoxy) is 1. The molecule has 0 amide bonds. The van der Waals surface area contributed by atoms with Gasteiger partial charge in [-0.25, -0.2) is 4.39 Å². The minimum atomic E-state index is -0.978. The summed E-state index contributed by atoms with van der Waals surface area (Å²) in [7, 11) is 1.62. The van der Waals surface area contributed by atoms with Crippen molar-refractivity contribution in [3.05, 3.63) is 69.4 Å². The molecule has 1 unspecified atom stereocenters. The lowest BCUT2D eigenvalue weighted by Gasteiger charge is -2.13. The van der Waals surface area contributed by atoms with Crippen LogP contribution in [0.25, 0.3) is 0 Å². The summed E-state index contributed by atoms with van der Waals surface area (Å²) in [6.45, 7) is 0.515. The fraction of sp³-hybridized carbons (Fsp3) is 0.200. The van der Waals surface area contributed by atoms with Crippen molar-refractivity contribution in [3.63, 3.8) is 0 Å². The molecule has 2 aromatic carbocycles. The van der Waals surface area contributed by atoms with Crippen molar-refractivity contribution in [1.82, 2.24) is 0 Å². The summed E-state index contributed by atoms with van der Waals surface area (Å²) >= 11 is 3.27. The van der Waals surface area contributed by atoms with Gasteiger partial charge in [0.25, 0.3) is 0 Å². The average Bonchev–Trinajstić information content (AvgIpc) is 2.42. The number of benzene rings is 2. The van der Waals surface area contributed by atoms with Gasteiger partial charge in [-0.2, -0.15) is 0 Å². The minimum Gasteiger partial charge on any atom is -0.384 e. The smallest absolute Gasteiger partial charge is 0.129 e. The molecule has 0 heterocycles. The summed E-state index contributed by atoms with van der Waals surface area (Å²) in [6, 6.07) is 11.8. The van der Waals surface area contributed by atoms with Gasteiger partial charge < -0.3 is 9.84 Å². The molecule has 4 heteroatoms. The SMILES string of the molecule is COCc1ccc(C(O)c2cc(Br)ccc2F)cc1. The first kappa shape index (κ1) is 14.2. The van der Waals surface area contributed by atoms with E-state index in [4.69, 9.17) is 4.74 Å². The van der Waals surface area contributed by atoms with E-state index in [1.807, 2.05) is 12.1 Å². The molecule has 0 spiro atoms. The van der Waals surface area contributed by atoms with Crippen molar-refractivity contribution in [1.29, 1.82) is 0 Å². The van der Waals surface area contributed by atoms with E-state index in [1.165, 1.54) is 6.07 Å². The number of aliphatic hydroxyl groups excluding tert-OH is 1. The summed E-state index contributed by atoms with van der Waals surface area (Å²) in [5.41, 5.74) is 1.92. The van der Waals surface area contributed by atoms with Gasteiger partial charge in [0.2, 0.25) is 0 Å². The van der Waals surface area contributed by atoms with E-state index < -0.39 is 11.9 Å². The second-order valence-electron chi connectivity index (χ2n) is 4.24. The molecule has 2 aromatic rings. The Balaban J connectivity index is 2.27. The molecule has 0 fully saturated rings. The predicted molar refractivity (Wildman–Crippen MR) is 75.3 cm³/mol. The number of hydrogen-bond donors (Lipinski definition) is 1. The molecule has 100 valence electrons. The van der Waals surface area contributed by atoms with E-state index in [2.05, 4.69) is 15.9 Å². The highest BCUT2D eigenvalue weighted by Gasteiger charge is 2.15. The van der Waals surface area contributed by atoms with Crippen LogP contribution >= 0.6 is 15.9 Å². The van der Waals surface area contributed by atoms with E-state index in [-0.39, 0.29) is 5.56 Å². The highest BCUT2D eigenvalue weighted by Crippen LogP contribution is 2.27. The van der Waals surface area contributed by atoms with Crippen LogP contribution in [-0.2, 0) is 11.3 Å². The van der Waals surface area contributed by atoms with Crippen molar-refractivity contribution in [3.8, 4) is 0 Å². The van der Waals surface area contributed by atoms with E-state index in [1.54, 1.807) is 31.4 Å². The minimum absolute atomic E-state index is 0.258. The van der Waals surface area contributed by atoms with Crippen LogP contribution in [0.5, 0.6) is 0 Å². The van der Waals surface area contributed by atoms with Crippen molar-refractivity contribution in [2.24, 2.45) is 0 Å². The summed E-state index contributed by atoms with van der Waals surface area (Å²) in [6.07, 6.45) is -0.978. The molecule has 0 saturated heterocycles. The molecule has 0 aliphatic rings. The molecule has 0 radical (unpaired) electrons. The zero-order chi connectivity index (χ0) is 13.8. The fourth-order valence-electron chi connectivity index (χ4n) is 1.87. The number of rotatable bonds is 4. The second-order valence-corrected chi connectivity index (χ2v) is 5.16. The second kappa shape index (κ2) is 6.28. The summed E-state index contributed by atoms with van der Waals surface area (Å²) in [5.74, 6) is -0.420. The largest absolute Gasteiger partial charge is 0.384 e. The monoisotopic (exact) mass is 324 g/mol. The molecule has 1 atom stereocenters. The molecule has 2 rings (SSSR count). The van der Waals surface area contributed by atoms with E-state index in [0.717, 1.165) is 10.0 Å². The van der Waals surface area contributed by atoms with Crippen LogP contribution in [0.2, 0.25) is 0 Å². The Kier molecular flexibility index (Phi) is 4.69. The van der Waals surface area contributed by atoms with Crippen molar-refractivity contribution >= 4 is 15.9 Å². The van der Waals surface area contributed by atoms with Gasteiger partial charge in [0, 0.05) is 17.1 Å². The zero-order valence-electron chi connectivity index (χ0n) is 10.4. The van der Waals surface area contributed by atoms with E-state index in [9.17, 15) is 9.50 Å². The number of hydrogen-bond acceptors (Lipinski definition) is 2. The molecular formula is C15H14BrFO2. The van der Waals surface area contributed by atoms with Crippen molar-refractivity contribution in [2.75, 3.05) is 7.11 Å². The van der Waals surface area contributed by atoms with Gasteiger partial charge in [0.15, 0.2) is 0 Å². The number of halogens is 2. The highest BCUT2D eigenvalue weighted by atomic mass is 79.9. The molecule has 1 N–H and O–H groups in total. The molecular weight excluding hydrogens is 311 g/mol. The van der Waals surface area contributed by atoms with Crippen LogP contribution in [-0.4, -0.2) is 12.2 Å². The van der Waals surface area contributed by atoms with Crippen LogP contribution < -0.4 is 0 Å². The van der Waals surface area contributed by atoms with Gasteiger partial charge in [0.1, 0.15) is 11.9 Å². The van der Waals surface area contributed by atoms with Crippen LogP contribution in [0.15, 0.2) is 46.9 Å². The van der Waals surface area contributed by atoms with Gasteiger partial charge in [-0.15, -0.1) is 0 Å². The highest BCUT2D eigenvalue weighted by molar-refractivity contribution is 9.10. The van der Waals surface area contributed by atoms with Gasteiger partial charge >= 0.3 is 0 Å². The third-order valence-electron chi connectivity index (χ3n) is 2.86. The molecule has 0 bridgehead atoms. The normalized spacial score (nSPS) is 12.4. The summed E-state index contributed by atoms with van der Waals surface area (Å²) in [5, 5.41) is 10.2. The zero-order valence-corrected chi connectivity index (χ0v) is 12.0. The molecule has 0 aromatic heterocycles. The third-order valence-corrected chi connectivity index (χ3v) is 3.35. The average molecular weight is 325 g/mol. The standard InChI is InChI=1S/C15H14BrFO2/c1-19-9-10-2-4-11(5-3-10)15(18)13-8-12(16)6-7-14(13)17/h2-8,15,18H,9H2,1H3. The predicted octanol–water partition coefficient (Wildman–Crippen LogP) is 3.82. The Hall–Kier alpha value is -1.23. The van der Waals surface area contributed by atoms with Gasteiger partial charge in [-0.1, -0.05) is 40.2 Å². The van der Waals surface area contributed by atoms with Crippen LogP contribution in [0, 0.1) is 5.82 Å². The van der Waals surface area contributed by atoms with E-state index >= 15 is 0 Å². The fourth-order valence-corrected chi connectivity index (χ4v) is 2.25. The Morgan fingerprint density at radius 1 is 1.21 bits per heavy atom. The first-order valence-electron chi connectivity index (χ1n) is 5.82. The van der Waals surface area contributed by atoms with Crippen LogP contribution in [0.1, 0.15) is 22.8 Å². The first-order valence-corrected chi connectivity index (χ1v) is 6.62. The Morgan fingerprint density at radius 2 is 1.89 bits per heavy atom. The van der Waals surface area contributed by atoms with Gasteiger partial charge in [-0.3, -0.25) is 0 Å². The van der Waals surface area contributed by atoms with Crippen molar-refractivity contribution < 1.29 is 14.2 Å². The topological polar surface area (TPSA) is 29.5 Å². The van der Waals surface area contributed by atoms with Crippen LogP contribution in [0.4, 0.5) is 4.39 Å². The number of aliphatic hydroxyl groups is 1. The molecule has 0 aliphatic carbocycles. The van der Waals surface area contributed by atoms with Gasteiger partial charge in [-0.05, 0) is 29.3 Å². The molecule has 19 heavy (non-hydrogen) atoms. The maximum Gasteiger partial charge on any atom is 0.129 e. The number of methoxy groups -OCH3 is 1. The maximum atomic E-state index is 13.7. The van der Waals surface area contributed by atoms with Gasteiger partial charge in [0.05, 0.1) is 6.61 Å². The molecule has 2 nitrogen and oxygen atoms in total. The van der Waals surface area contributed by atoms with Crippen molar-refractivity contribution in [2.45, 2.75) is 12.7 Å². The molecule has 0 saturated carbocycles. The Morgan fingerprint density at radius 3 is 2.53 bits per heavy atom. The van der Waals surface area contributed by atoms with Crippen LogP contribution in [0.3, 0.4) is 0 Å². The lowest BCUT2D eigenvalue weighted by atomic mass is 10.00. The third kappa shape index (κ3) is 3.41. The first-order chi connectivity index (χ1) is 9.11. The quantitative estimate of drug-likeness (QED) is 0.926. The summed E-state index contributed by atoms with van der Waals surface area (Å²) < 4.78 is 19.5. The molecule has 0 aliphatic heterocycles. The maximum absolute atomic E-state index is 13.7. The Bertz CT molecular complexity index is 555. The van der Waals surface area contributed by atoms with E-state index in [0.29, 0.717) is 12.2 Å². The lowest BCUT2D eigenvalue weighted by Crippen LogP contribution is -2.03. The Labute approximate surface area is 120 Å². The summed E-state index contributed by atoms with van der Waals surface area (Å²) in [4.78, 5) is 0. The lowest BCUT2D eigenvalue weighted by molar-refractivity contribution is 0.184.